The molecule has 0 spiro atoms. The van der Waals surface area contributed by atoms with Crippen LogP contribution in [0.25, 0.3) is 0 Å². The molecule has 0 saturated carbocycles. The number of likely N-dealkylation sites (N-methyl/N-ethyl adjacent to an activating group) is 1. The van der Waals surface area contributed by atoms with Gasteiger partial charge in [0.25, 0.3) is 0 Å². The fourth-order valence-corrected chi connectivity index (χ4v) is 1.11. The summed E-state index contributed by atoms with van der Waals surface area (Å²) in [5.74, 6) is 0.838. The molecule has 0 aliphatic rings. The van der Waals surface area contributed by atoms with E-state index in [0.717, 1.165) is 18.7 Å². The van der Waals surface area contributed by atoms with E-state index in [1.807, 2.05) is 19.2 Å². The predicted octanol–water partition coefficient (Wildman–Crippen LogP) is 1.46. The van der Waals surface area contributed by atoms with Crippen LogP contribution in [-0.4, -0.2) is 24.7 Å². The third-order valence-electron chi connectivity index (χ3n) is 1.82. The summed E-state index contributed by atoms with van der Waals surface area (Å²) in [5.41, 5.74) is 0. The lowest BCUT2D eigenvalue weighted by molar-refractivity contribution is 0.196. The highest BCUT2D eigenvalue weighted by Gasteiger charge is 2.05. The maximum Gasteiger partial charge on any atom is 0.138 e. The molecule has 1 rings (SSSR count). The first-order chi connectivity index (χ1) is 6.36. The van der Waals surface area contributed by atoms with Crippen molar-refractivity contribution in [1.82, 2.24) is 10.3 Å². The van der Waals surface area contributed by atoms with Crippen molar-refractivity contribution in [3.63, 3.8) is 0 Å². The molecule has 0 amide bonds. The van der Waals surface area contributed by atoms with Crippen LogP contribution in [0.1, 0.15) is 13.3 Å². The minimum Gasteiger partial charge on any atom is -0.488 e. The highest BCUT2D eigenvalue weighted by molar-refractivity contribution is 5.15. The Hall–Kier alpha value is -1.09. The van der Waals surface area contributed by atoms with Crippen molar-refractivity contribution < 1.29 is 4.74 Å². The molecule has 0 saturated heterocycles. The van der Waals surface area contributed by atoms with Crippen LogP contribution in [0.4, 0.5) is 0 Å². The van der Waals surface area contributed by atoms with Gasteiger partial charge in [0, 0.05) is 12.7 Å². The fourth-order valence-electron chi connectivity index (χ4n) is 1.11. The number of rotatable bonds is 5. The van der Waals surface area contributed by atoms with Gasteiger partial charge in [0.05, 0.1) is 6.20 Å². The second-order valence-corrected chi connectivity index (χ2v) is 2.89. The number of hydrogen-bond donors (Lipinski definition) is 1. The van der Waals surface area contributed by atoms with Crippen LogP contribution in [0.5, 0.6) is 5.75 Å². The molecular weight excluding hydrogens is 164 g/mol. The maximum atomic E-state index is 5.68. The molecule has 1 heterocycles. The summed E-state index contributed by atoms with van der Waals surface area (Å²) in [6.45, 7) is 2.98. The van der Waals surface area contributed by atoms with E-state index in [2.05, 4.69) is 17.2 Å². The third-order valence-corrected chi connectivity index (χ3v) is 1.82. The van der Waals surface area contributed by atoms with Gasteiger partial charge in [0.2, 0.25) is 0 Å². The lowest BCUT2D eigenvalue weighted by Gasteiger charge is -2.16. The molecule has 3 heteroatoms. The average molecular weight is 180 g/mol. The lowest BCUT2D eigenvalue weighted by atomic mass is 10.3. The minimum atomic E-state index is 0.231. The van der Waals surface area contributed by atoms with Crippen molar-refractivity contribution in [3.05, 3.63) is 24.5 Å². The number of nitrogens with one attached hydrogen (secondary N) is 1. The van der Waals surface area contributed by atoms with Crippen molar-refractivity contribution in [2.45, 2.75) is 19.4 Å². The van der Waals surface area contributed by atoms with Gasteiger partial charge in [0.15, 0.2) is 0 Å². The molecule has 1 unspecified atom stereocenters. The first-order valence-electron chi connectivity index (χ1n) is 4.58. The number of ether oxygens (including phenoxy) is 1. The van der Waals surface area contributed by atoms with Crippen LogP contribution < -0.4 is 10.1 Å². The molecule has 0 aromatic carbocycles. The Bertz CT molecular complexity index is 226. The SMILES string of the molecule is CCC(CNC)Oc1cccnc1. The minimum absolute atomic E-state index is 0.231. The van der Waals surface area contributed by atoms with E-state index >= 15 is 0 Å². The summed E-state index contributed by atoms with van der Waals surface area (Å²) in [7, 11) is 1.93. The molecule has 0 fully saturated rings. The molecule has 0 aliphatic heterocycles. The standard InChI is InChI=1S/C10H16N2O/c1-3-9(7-11-2)13-10-5-4-6-12-8-10/h4-6,8-9,11H,3,7H2,1-2H3. The van der Waals surface area contributed by atoms with Crippen LogP contribution in [0.15, 0.2) is 24.5 Å². The van der Waals surface area contributed by atoms with Gasteiger partial charge in [0.1, 0.15) is 11.9 Å². The molecule has 1 aromatic rings. The quantitative estimate of drug-likeness (QED) is 0.745. The molecule has 1 aromatic heterocycles. The van der Waals surface area contributed by atoms with E-state index < -0.39 is 0 Å². The molecule has 3 nitrogen and oxygen atoms in total. The van der Waals surface area contributed by atoms with Crippen molar-refractivity contribution in [2.24, 2.45) is 0 Å². The Labute approximate surface area is 79.1 Å². The van der Waals surface area contributed by atoms with Gasteiger partial charge in [-0.05, 0) is 25.6 Å². The van der Waals surface area contributed by atoms with E-state index in [9.17, 15) is 0 Å². The maximum absolute atomic E-state index is 5.68. The van der Waals surface area contributed by atoms with Gasteiger partial charge in [-0.25, -0.2) is 0 Å². The first-order valence-corrected chi connectivity index (χ1v) is 4.58. The summed E-state index contributed by atoms with van der Waals surface area (Å²) in [4.78, 5) is 3.99. The van der Waals surface area contributed by atoms with Crippen LogP contribution in [-0.2, 0) is 0 Å². The Morgan fingerprint density at radius 2 is 2.46 bits per heavy atom. The molecule has 72 valence electrons. The molecule has 0 bridgehead atoms. The van der Waals surface area contributed by atoms with Gasteiger partial charge in [-0.2, -0.15) is 0 Å². The van der Waals surface area contributed by atoms with E-state index in [4.69, 9.17) is 4.74 Å². The molecule has 0 aliphatic carbocycles. The molecule has 0 radical (unpaired) electrons. The smallest absolute Gasteiger partial charge is 0.138 e. The summed E-state index contributed by atoms with van der Waals surface area (Å²) >= 11 is 0. The van der Waals surface area contributed by atoms with Crippen molar-refractivity contribution in [3.8, 4) is 5.75 Å². The highest BCUT2D eigenvalue weighted by atomic mass is 16.5. The third kappa shape index (κ3) is 3.42. The molecule has 1 N–H and O–H groups in total. The first kappa shape index (κ1) is 9.99. The molecular formula is C10H16N2O. The average Bonchev–Trinajstić information content (AvgIpc) is 2.19. The summed E-state index contributed by atoms with van der Waals surface area (Å²) in [6.07, 6.45) is 4.70. The van der Waals surface area contributed by atoms with Gasteiger partial charge in [-0.15, -0.1) is 0 Å². The second kappa shape index (κ2) is 5.54. The largest absolute Gasteiger partial charge is 0.488 e. The number of nitrogens with zero attached hydrogens (tertiary/aromatic N) is 1. The zero-order valence-corrected chi connectivity index (χ0v) is 8.16. The Balaban J connectivity index is 2.46. The molecule has 13 heavy (non-hydrogen) atoms. The van der Waals surface area contributed by atoms with Gasteiger partial charge >= 0.3 is 0 Å². The van der Waals surface area contributed by atoms with Crippen molar-refractivity contribution >= 4 is 0 Å². The van der Waals surface area contributed by atoms with Crippen LogP contribution >= 0.6 is 0 Å². The van der Waals surface area contributed by atoms with Crippen LogP contribution in [0, 0.1) is 0 Å². The van der Waals surface area contributed by atoms with E-state index in [1.165, 1.54) is 0 Å². The Morgan fingerprint density at radius 1 is 1.62 bits per heavy atom. The zero-order chi connectivity index (χ0) is 9.52. The fraction of sp³-hybridized carbons (Fsp3) is 0.500. The number of pyridine rings is 1. The van der Waals surface area contributed by atoms with Crippen molar-refractivity contribution in [2.75, 3.05) is 13.6 Å². The van der Waals surface area contributed by atoms with Gasteiger partial charge in [-0.3, -0.25) is 4.98 Å². The van der Waals surface area contributed by atoms with E-state index in [-0.39, 0.29) is 6.10 Å². The summed E-state index contributed by atoms with van der Waals surface area (Å²) in [5, 5.41) is 3.09. The summed E-state index contributed by atoms with van der Waals surface area (Å²) < 4.78 is 5.68. The highest BCUT2D eigenvalue weighted by Crippen LogP contribution is 2.10. The monoisotopic (exact) mass is 180 g/mol. The van der Waals surface area contributed by atoms with Crippen molar-refractivity contribution in [1.29, 1.82) is 0 Å². The van der Waals surface area contributed by atoms with Crippen LogP contribution in [0.3, 0.4) is 0 Å². The lowest BCUT2D eigenvalue weighted by Crippen LogP contribution is -2.28. The number of hydrogen-bond acceptors (Lipinski definition) is 3. The number of aromatic nitrogens is 1. The topological polar surface area (TPSA) is 34.1 Å². The zero-order valence-electron chi connectivity index (χ0n) is 8.16. The summed E-state index contributed by atoms with van der Waals surface area (Å²) in [6, 6.07) is 3.80. The van der Waals surface area contributed by atoms with Gasteiger partial charge in [-0.1, -0.05) is 6.92 Å². The van der Waals surface area contributed by atoms with Crippen LogP contribution in [0.2, 0.25) is 0 Å². The Kier molecular flexibility index (Phi) is 4.26. The second-order valence-electron chi connectivity index (χ2n) is 2.89. The van der Waals surface area contributed by atoms with E-state index in [0.29, 0.717) is 0 Å². The van der Waals surface area contributed by atoms with Gasteiger partial charge < -0.3 is 10.1 Å². The molecule has 1 atom stereocenters. The Morgan fingerprint density at radius 3 is 3.00 bits per heavy atom. The van der Waals surface area contributed by atoms with E-state index in [1.54, 1.807) is 12.4 Å². The normalized spacial score (nSPS) is 12.5. The predicted molar refractivity (Wildman–Crippen MR) is 52.9 cm³/mol.